The van der Waals surface area contributed by atoms with Gasteiger partial charge in [-0.2, -0.15) is 0 Å². The molecular weight excluding hydrogens is 254 g/mol. The third-order valence-corrected chi connectivity index (χ3v) is 4.29. The van der Waals surface area contributed by atoms with Gasteiger partial charge in [-0.1, -0.05) is 13.8 Å². The highest BCUT2D eigenvalue weighted by atomic mass is 16.4. The normalized spacial score (nSPS) is 21.8. The highest BCUT2D eigenvalue weighted by Gasteiger charge is 2.26. The molecular formula is C16H25NO3. The van der Waals surface area contributed by atoms with Gasteiger partial charge in [-0.3, -0.25) is 9.69 Å². The summed E-state index contributed by atoms with van der Waals surface area (Å²) in [4.78, 5) is 13.2. The molecule has 1 aliphatic rings. The van der Waals surface area contributed by atoms with Crippen LogP contribution in [-0.4, -0.2) is 29.1 Å². The van der Waals surface area contributed by atoms with Crippen LogP contribution in [0.3, 0.4) is 0 Å². The lowest BCUT2D eigenvalue weighted by atomic mass is 9.84. The monoisotopic (exact) mass is 279 g/mol. The van der Waals surface area contributed by atoms with Crippen molar-refractivity contribution in [1.82, 2.24) is 4.90 Å². The van der Waals surface area contributed by atoms with Crippen molar-refractivity contribution < 1.29 is 14.3 Å². The zero-order valence-electron chi connectivity index (χ0n) is 12.5. The van der Waals surface area contributed by atoms with Crippen molar-refractivity contribution in [1.29, 1.82) is 0 Å². The van der Waals surface area contributed by atoms with Gasteiger partial charge in [-0.25, -0.2) is 0 Å². The Bertz CT molecular complexity index is 441. The van der Waals surface area contributed by atoms with Crippen molar-refractivity contribution in [3.05, 3.63) is 23.7 Å². The van der Waals surface area contributed by atoms with E-state index in [1.54, 1.807) is 0 Å². The highest BCUT2D eigenvalue weighted by Crippen LogP contribution is 2.27. The molecule has 0 saturated carbocycles. The summed E-state index contributed by atoms with van der Waals surface area (Å²) < 4.78 is 5.76. The summed E-state index contributed by atoms with van der Waals surface area (Å²) in [6.07, 6.45) is 3.50. The molecule has 0 aromatic carbocycles. The Morgan fingerprint density at radius 2 is 2.25 bits per heavy atom. The molecule has 1 aromatic heterocycles. The first kappa shape index (κ1) is 15.1. The molecule has 20 heavy (non-hydrogen) atoms. The molecule has 112 valence electrons. The van der Waals surface area contributed by atoms with Crippen LogP contribution >= 0.6 is 0 Å². The topological polar surface area (TPSA) is 53.7 Å². The minimum absolute atomic E-state index is 0.248. The second kappa shape index (κ2) is 6.93. The van der Waals surface area contributed by atoms with Gasteiger partial charge in [0.1, 0.15) is 11.5 Å². The summed E-state index contributed by atoms with van der Waals surface area (Å²) in [6.45, 7) is 7.06. The number of rotatable bonds is 6. The number of nitrogens with zero attached hydrogens (tertiary/aromatic N) is 1. The van der Waals surface area contributed by atoms with Gasteiger partial charge in [0.25, 0.3) is 0 Å². The van der Waals surface area contributed by atoms with Gasteiger partial charge in [0, 0.05) is 19.4 Å². The van der Waals surface area contributed by atoms with E-state index < -0.39 is 5.97 Å². The van der Waals surface area contributed by atoms with Crippen LogP contribution in [0.2, 0.25) is 0 Å². The van der Waals surface area contributed by atoms with Gasteiger partial charge >= 0.3 is 5.97 Å². The van der Waals surface area contributed by atoms with E-state index in [4.69, 9.17) is 9.52 Å². The number of aryl methyl sites for hydroxylation is 1. The van der Waals surface area contributed by atoms with Crippen LogP contribution < -0.4 is 0 Å². The predicted octanol–water partition coefficient (Wildman–Crippen LogP) is 3.16. The number of carboxylic acids is 1. The molecule has 0 bridgehead atoms. The van der Waals surface area contributed by atoms with E-state index >= 15 is 0 Å². The number of hydrogen-bond donors (Lipinski definition) is 1. The molecule has 2 unspecified atom stereocenters. The summed E-state index contributed by atoms with van der Waals surface area (Å²) >= 11 is 0. The number of piperidine rings is 1. The molecule has 0 aliphatic carbocycles. The number of likely N-dealkylation sites (tertiary alicyclic amines) is 1. The smallest absolute Gasteiger partial charge is 0.303 e. The van der Waals surface area contributed by atoms with E-state index in [0.29, 0.717) is 5.92 Å². The number of hydrogen-bond acceptors (Lipinski definition) is 3. The first-order valence-electron chi connectivity index (χ1n) is 7.60. The Morgan fingerprint density at radius 1 is 1.50 bits per heavy atom. The maximum absolute atomic E-state index is 10.8. The molecule has 1 aliphatic heterocycles. The molecule has 0 amide bonds. The van der Waals surface area contributed by atoms with E-state index in [1.165, 1.54) is 0 Å². The maximum Gasteiger partial charge on any atom is 0.303 e. The number of furan rings is 1. The summed E-state index contributed by atoms with van der Waals surface area (Å²) in [5, 5.41) is 8.92. The molecule has 2 rings (SSSR count). The van der Waals surface area contributed by atoms with Crippen LogP contribution in [0, 0.1) is 11.8 Å². The highest BCUT2D eigenvalue weighted by molar-refractivity contribution is 5.67. The Labute approximate surface area is 120 Å². The van der Waals surface area contributed by atoms with Crippen LogP contribution in [0.4, 0.5) is 0 Å². The quantitative estimate of drug-likeness (QED) is 0.869. The van der Waals surface area contributed by atoms with Gasteiger partial charge < -0.3 is 9.52 Å². The Balaban J connectivity index is 1.88. The second-order valence-corrected chi connectivity index (χ2v) is 5.93. The average Bonchev–Trinajstić information content (AvgIpc) is 2.86. The molecule has 2 heterocycles. The zero-order valence-corrected chi connectivity index (χ0v) is 12.5. The number of aliphatic carboxylic acids is 1. The zero-order chi connectivity index (χ0) is 14.5. The Kier molecular flexibility index (Phi) is 5.24. The number of carbonyl (C=O) groups is 1. The lowest BCUT2D eigenvalue weighted by Gasteiger charge is -2.35. The molecule has 1 saturated heterocycles. The van der Waals surface area contributed by atoms with Crippen molar-refractivity contribution >= 4 is 5.97 Å². The van der Waals surface area contributed by atoms with E-state index in [2.05, 4.69) is 24.8 Å². The van der Waals surface area contributed by atoms with Crippen molar-refractivity contribution in [2.45, 2.75) is 46.1 Å². The molecule has 0 spiro atoms. The number of carboxylic acid groups (broad SMARTS) is 1. The fourth-order valence-electron chi connectivity index (χ4n) is 3.06. The maximum atomic E-state index is 10.8. The summed E-state index contributed by atoms with van der Waals surface area (Å²) in [5.74, 6) is 2.10. The van der Waals surface area contributed by atoms with Gasteiger partial charge in [0.15, 0.2) is 0 Å². The fourth-order valence-corrected chi connectivity index (χ4v) is 3.06. The lowest BCUT2D eigenvalue weighted by molar-refractivity contribution is -0.138. The first-order chi connectivity index (χ1) is 9.58. The molecule has 1 fully saturated rings. The summed E-state index contributed by atoms with van der Waals surface area (Å²) in [7, 11) is 0. The first-order valence-corrected chi connectivity index (χ1v) is 7.60. The van der Waals surface area contributed by atoms with Gasteiger partial charge in [-0.05, 0) is 43.4 Å². The van der Waals surface area contributed by atoms with Gasteiger partial charge in [0.2, 0.25) is 0 Å². The van der Waals surface area contributed by atoms with Crippen molar-refractivity contribution in [2.75, 3.05) is 13.1 Å². The minimum Gasteiger partial charge on any atom is -0.481 e. The van der Waals surface area contributed by atoms with Crippen molar-refractivity contribution in [3.63, 3.8) is 0 Å². The minimum atomic E-state index is -0.687. The Hall–Kier alpha value is -1.29. The second-order valence-electron chi connectivity index (χ2n) is 5.93. The van der Waals surface area contributed by atoms with E-state index in [-0.39, 0.29) is 12.3 Å². The Morgan fingerprint density at radius 3 is 2.90 bits per heavy atom. The standard InChI is InChI=1S/C16H25NO3/c1-3-14-6-7-15(20-14)11-17-8-4-5-13(10-17)12(2)9-16(18)19/h6-7,12-13H,3-5,8-11H2,1-2H3,(H,18,19). The van der Waals surface area contributed by atoms with Gasteiger partial charge in [0.05, 0.1) is 6.54 Å². The van der Waals surface area contributed by atoms with E-state index in [1.807, 2.05) is 6.07 Å². The third-order valence-electron chi connectivity index (χ3n) is 4.29. The average molecular weight is 279 g/mol. The molecule has 2 atom stereocenters. The summed E-state index contributed by atoms with van der Waals surface area (Å²) in [6, 6.07) is 4.10. The molecule has 4 heteroatoms. The third kappa shape index (κ3) is 4.10. The van der Waals surface area contributed by atoms with Crippen LogP contribution in [-0.2, 0) is 17.8 Å². The lowest BCUT2D eigenvalue weighted by Crippen LogP contribution is -2.37. The molecule has 4 nitrogen and oxygen atoms in total. The fraction of sp³-hybridized carbons (Fsp3) is 0.688. The van der Waals surface area contributed by atoms with Crippen LogP contribution in [0.25, 0.3) is 0 Å². The predicted molar refractivity (Wildman–Crippen MR) is 77.5 cm³/mol. The molecule has 1 N–H and O–H groups in total. The van der Waals surface area contributed by atoms with Crippen LogP contribution in [0.1, 0.15) is 44.6 Å². The van der Waals surface area contributed by atoms with E-state index in [0.717, 1.165) is 50.4 Å². The largest absolute Gasteiger partial charge is 0.481 e. The molecule has 1 aromatic rings. The molecule has 0 radical (unpaired) electrons. The van der Waals surface area contributed by atoms with Gasteiger partial charge in [-0.15, -0.1) is 0 Å². The van der Waals surface area contributed by atoms with E-state index in [9.17, 15) is 4.79 Å². The van der Waals surface area contributed by atoms with Crippen molar-refractivity contribution in [3.8, 4) is 0 Å². The van der Waals surface area contributed by atoms with Crippen molar-refractivity contribution in [2.24, 2.45) is 11.8 Å². The SMILES string of the molecule is CCc1ccc(CN2CCCC(C(C)CC(=O)O)C2)o1. The van der Waals surface area contributed by atoms with Crippen LogP contribution in [0.5, 0.6) is 0 Å². The van der Waals surface area contributed by atoms with Crippen LogP contribution in [0.15, 0.2) is 16.5 Å². The summed E-state index contributed by atoms with van der Waals surface area (Å²) in [5.41, 5.74) is 0.